The molecule has 0 bridgehead atoms. The highest BCUT2D eigenvalue weighted by Crippen LogP contribution is 2.32. The molecule has 6 nitrogen and oxygen atoms in total. The molecule has 3 aromatic carbocycles. The van der Waals surface area contributed by atoms with Crippen molar-refractivity contribution in [3.63, 3.8) is 0 Å². The number of halogens is 1. The summed E-state index contributed by atoms with van der Waals surface area (Å²) in [5, 5.41) is 3.39. The van der Waals surface area contributed by atoms with E-state index >= 15 is 0 Å². The molecule has 0 radical (unpaired) electrons. The number of anilines is 2. The summed E-state index contributed by atoms with van der Waals surface area (Å²) in [6.45, 7) is 0. The molecule has 0 saturated heterocycles. The van der Waals surface area contributed by atoms with Gasteiger partial charge in [-0.05, 0) is 54.1 Å². The number of ether oxygens (including phenoxy) is 1. The molecule has 3 amide bonds. The molecule has 148 valence electrons. The van der Waals surface area contributed by atoms with Gasteiger partial charge in [-0.2, -0.15) is 0 Å². The second-order valence-corrected chi connectivity index (χ2v) is 7.53. The third kappa shape index (κ3) is 3.02. The summed E-state index contributed by atoms with van der Waals surface area (Å²) in [6.07, 6.45) is -0.263. The summed E-state index contributed by atoms with van der Waals surface area (Å²) >= 11 is 6.00. The Hall–Kier alpha value is -3.64. The molecule has 2 heterocycles. The molecule has 1 unspecified atom stereocenters. The van der Waals surface area contributed by atoms with Crippen LogP contribution in [0.5, 0.6) is 5.75 Å². The van der Waals surface area contributed by atoms with Gasteiger partial charge in [0, 0.05) is 17.1 Å². The fourth-order valence-corrected chi connectivity index (χ4v) is 3.93. The van der Waals surface area contributed by atoms with E-state index in [1.165, 1.54) is 0 Å². The summed E-state index contributed by atoms with van der Waals surface area (Å²) in [4.78, 5) is 39.2. The van der Waals surface area contributed by atoms with Crippen molar-refractivity contribution in [1.29, 1.82) is 0 Å². The first kappa shape index (κ1) is 18.4. The zero-order valence-corrected chi connectivity index (χ0v) is 16.3. The zero-order valence-electron chi connectivity index (χ0n) is 15.6. The molecular formula is C23H15ClN2O4. The molecule has 0 aromatic heterocycles. The largest absolute Gasteiger partial charge is 0.480 e. The second-order valence-electron chi connectivity index (χ2n) is 7.09. The molecular weight excluding hydrogens is 404 g/mol. The topological polar surface area (TPSA) is 75.7 Å². The van der Waals surface area contributed by atoms with Crippen LogP contribution < -0.4 is 15.0 Å². The summed E-state index contributed by atoms with van der Waals surface area (Å²) < 4.78 is 5.71. The maximum atomic E-state index is 12.7. The molecule has 2 aliphatic heterocycles. The van der Waals surface area contributed by atoms with Gasteiger partial charge in [-0.3, -0.25) is 14.4 Å². The summed E-state index contributed by atoms with van der Waals surface area (Å²) in [5.74, 6) is -0.447. The van der Waals surface area contributed by atoms with Crippen molar-refractivity contribution in [1.82, 2.24) is 0 Å². The average Bonchev–Trinajstić information content (AvgIpc) is 3.27. The normalized spacial score (nSPS) is 16.8. The van der Waals surface area contributed by atoms with Crippen molar-refractivity contribution in [3.05, 3.63) is 88.4 Å². The van der Waals surface area contributed by atoms with E-state index in [0.717, 1.165) is 10.5 Å². The van der Waals surface area contributed by atoms with E-state index < -0.39 is 6.10 Å². The SMILES string of the molecule is O=C(Nc1cccc(N2C(=O)c3ccccc3C2=O)c1)C1Cc2cc(Cl)ccc2O1. The Kier molecular flexibility index (Phi) is 4.29. The molecule has 2 aliphatic rings. The molecule has 0 fully saturated rings. The van der Waals surface area contributed by atoms with Crippen LogP contribution in [0.15, 0.2) is 66.7 Å². The van der Waals surface area contributed by atoms with Crippen molar-refractivity contribution < 1.29 is 19.1 Å². The summed E-state index contributed by atoms with van der Waals surface area (Å²) in [6, 6.07) is 18.6. The Morgan fingerprint density at radius 3 is 2.43 bits per heavy atom. The molecule has 3 aromatic rings. The van der Waals surface area contributed by atoms with Crippen LogP contribution in [0.4, 0.5) is 11.4 Å². The monoisotopic (exact) mass is 418 g/mol. The predicted octanol–water partition coefficient (Wildman–Crippen LogP) is 4.08. The fourth-order valence-electron chi connectivity index (χ4n) is 3.73. The van der Waals surface area contributed by atoms with Gasteiger partial charge in [-0.25, -0.2) is 4.90 Å². The number of nitrogens with one attached hydrogen (secondary N) is 1. The van der Waals surface area contributed by atoms with Gasteiger partial charge in [-0.15, -0.1) is 0 Å². The van der Waals surface area contributed by atoms with Crippen molar-refractivity contribution in [2.75, 3.05) is 10.2 Å². The number of carbonyl (C=O) groups is 3. The highest BCUT2D eigenvalue weighted by Gasteiger charge is 2.36. The van der Waals surface area contributed by atoms with Gasteiger partial charge < -0.3 is 10.1 Å². The Labute approximate surface area is 177 Å². The Balaban J connectivity index is 1.35. The van der Waals surface area contributed by atoms with Gasteiger partial charge >= 0.3 is 0 Å². The third-order valence-corrected chi connectivity index (χ3v) is 5.39. The number of hydrogen-bond acceptors (Lipinski definition) is 4. The van der Waals surface area contributed by atoms with E-state index in [-0.39, 0.29) is 17.7 Å². The Morgan fingerprint density at radius 2 is 1.70 bits per heavy atom. The number of carbonyl (C=O) groups excluding carboxylic acids is 3. The lowest BCUT2D eigenvalue weighted by atomic mass is 10.1. The highest BCUT2D eigenvalue weighted by molar-refractivity contribution is 6.34. The molecule has 5 rings (SSSR count). The number of imide groups is 1. The minimum Gasteiger partial charge on any atom is -0.480 e. The van der Waals surface area contributed by atoms with Crippen molar-refractivity contribution >= 4 is 40.7 Å². The first-order valence-corrected chi connectivity index (χ1v) is 9.73. The van der Waals surface area contributed by atoms with Gasteiger partial charge in [0.2, 0.25) is 0 Å². The number of benzene rings is 3. The fraction of sp³-hybridized carbons (Fsp3) is 0.0870. The van der Waals surface area contributed by atoms with E-state index in [1.54, 1.807) is 66.7 Å². The van der Waals surface area contributed by atoms with Crippen molar-refractivity contribution in [2.45, 2.75) is 12.5 Å². The second kappa shape index (κ2) is 7.00. The number of fused-ring (bicyclic) bond motifs is 2. The maximum absolute atomic E-state index is 12.7. The molecule has 30 heavy (non-hydrogen) atoms. The Bertz CT molecular complexity index is 1190. The maximum Gasteiger partial charge on any atom is 0.266 e. The van der Waals surface area contributed by atoms with E-state index in [1.807, 2.05) is 0 Å². The van der Waals surface area contributed by atoms with Crippen molar-refractivity contribution in [3.8, 4) is 5.75 Å². The van der Waals surface area contributed by atoms with E-state index in [4.69, 9.17) is 16.3 Å². The summed E-state index contributed by atoms with van der Waals surface area (Å²) in [7, 11) is 0. The lowest BCUT2D eigenvalue weighted by molar-refractivity contribution is -0.122. The van der Waals surface area contributed by atoms with Gasteiger partial charge in [0.15, 0.2) is 6.10 Å². The lowest BCUT2D eigenvalue weighted by Gasteiger charge is -2.16. The Morgan fingerprint density at radius 1 is 0.967 bits per heavy atom. The molecule has 7 heteroatoms. The third-order valence-electron chi connectivity index (χ3n) is 5.16. The van der Waals surface area contributed by atoms with E-state index in [9.17, 15) is 14.4 Å². The molecule has 0 spiro atoms. The van der Waals surface area contributed by atoms with Crippen LogP contribution in [0, 0.1) is 0 Å². The van der Waals surface area contributed by atoms with Crippen LogP contribution in [-0.4, -0.2) is 23.8 Å². The smallest absolute Gasteiger partial charge is 0.266 e. The zero-order chi connectivity index (χ0) is 20.8. The first-order valence-electron chi connectivity index (χ1n) is 9.35. The minimum absolute atomic E-state index is 0.318. The molecule has 0 saturated carbocycles. The molecule has 1 atom stereocenters. The summed E-state index contributed by atoms with van der Waals surface area (Å²) in [5.41, 5.74) is 2.47. The van der Waals surface area contributed by atoms with Crippen LogP contribution in [0.25, 0.3) is 0 Å². The quantitative estimate of drug-likeness (QED) is 0.650. The van der Waals surface area contributed by atoms with Crippen LogP contribution in [0.2, 0.25) is 5.02 Å². The van der Waals surface area contributed by atoms with Crippen LogP contribution in [0.3, 0.4) is 0 Å². The number of amides is 3. The van der Waals surface area contributed by atoms with E-state index in [2.05, 4.69) is 5.32 Å². The highest BCUT2D eigenvalue weighted by atomic mass is 35.5. The number of rotatable bonds is 3. The van der Waals surface area contributed by atoms with Gasteiger partial charge in [0.25, 0.3) is 17.7 Å². The predicted molar refractivity (Wildman–Crippen MR) is 112 cm³/mol. The van der Waals surface area contributed by atoms with E-state index in [0.29, 0.717) is 39.7 Å². The van der Waals surface area contributed by atoms with Gasteiger partial charge in [0.05, 0.1) is 16.8 Å². The molecule has 1 N–H and O–H groups in total. The van der Waals surface area contributed by atoms with Gasteiger partial charge in [0.1, 0.15) is 5.75 Å². The number of nitrogens with zero attached hydrogens (tertiary/aromatic N) is 1. The van der Waals surface area contributed by atoms with Crippen LogP contribution in [0.1, 0.15) is 26.3 Å². The number of hydrogen-bond donors (Lipinski definition) is 1. The van der Waals surface area contributed by atoms with Crippen LogP contribution in [-0.2, 0) is 11.2 Å². The first-order chi connectivity index (χ1) is 14.5. The minimum atomic E-state index is -0.679. The van der Waals surface area contributed by atoms with Crippen LogP contribution >= 0.6 is 11.6 Å². The van der Waals surface area contributed by atoms with Gasteiger partial charge in [-0.1, -0.05) is 29.8 Å². The average molecular weight is 419 g/mol. The standard InChI is InChI=1S/C23H15ClN2O4/c24-14-8-9-19-13(10-14)11-20(30-19)21(27)25-15-4-3-5-16(12-15)26-22(28)17-6-1-2-7-18(17)23(26)29/h1-10,12,20H,11H2,(H,25,27). The molecule has 0 aliphatic carbocycles. The lowest BCUT2D eigenvalue weighted by Crippen LogP contribution is -2.32. The van der Waals surface area contributed by atoms with Crippen molar-refractivity contribution in [2.24, 2.45) is 0 Å².